The smallest absolute Gasteiger partial charge is 0.264 e. The molecule has 1 fully saturated rings. The van der Waals surface area contributed by atoms with Crippen molar-refractivity contribution in [2.75, 3.05) is 14.1 Å². The van der Waals surface area contributed by atoms with Crippen LogP contribution in [0.2, 0.25) is 0 Å². The molecular weight excluding hydrogens is 404 g/mol. The van der Waals surface area contributed by atoms with E-state index >= 15 is 0 Å². The molecule has 32 heavy (non-hydrogen) atoms. The molecule has 162 valence electrons. The maximum atomic E-state index is 12.2. The van der Waals surface area contributed by atoms with E-state index in [2.05, 4.69) is 14.5 Å². The molecule has 1 amide bonds. The average Bonchev–Trinajstić information content (AvgIpc) is 3.54. The number of aromatic nitrogens is 4. The number of carbonyl (C=O) groups excluding carboxylic acids is 1. The zero-order chi connectivity index (χ0) is 22.2. The molecule has 8 nitrogen and oxygen atoms in total. The first kappa shape index (κ1) is 20.1. The van der Waals surface area contributed by atoms with Crippen LogP contribution in [0.25, 0.3) is 39.7 Å². The number of rotatable bonds is 4. The molecule has 0 radical (unpaired) electrons. The van der Waals surface area contributed by atoms with Crippen LogP contribution >= 0.6 is 0 Å². The third kappa shape index (κ3) is 3.36. The van der Waals surface area contributed by atoms with Gasteiger partial charge in [-0.05, 0) is 31.0 Å². The largest absolute Gasteiger partial charge is 0.453 e. The number of hydrogen-bond acceptors (Lipinski definition) is 5. The molecule has 4 aromatic rings. The van der Waals surface area contributed by atoms with Crippen LogP contribution in [-0.2, 0) is 4.79 Å². The number of imidazole rings is 1. The summed E-state index contributed by atoms with van der Waals surface area (Å²) in [5.41, 5.74) is 2.75. The highest BCUT2D eigenvalue weighted by molar-refractivity contribution is 6.02. The van der Waals surface area contributed by atoms with E-state index in [1.807, 2.05) is 24.4 Å². The zero-order valence-electron chi connectivity index (χ0n) is 18.1. The second-order valence-electron chi connectivity index (χ2n) is 8.40. The lowest BCUT2D eigenvalue weighted by Gasteiger charge is -2.25. The molecule has 1 aliphatic rings. The number of nitrogens with zero attached hydrogens (tertiary/aromatic N) is 5. The Morgan fingerprint density at radius 1 is 1.28 bits per heavy atom. The van der Waals surface area contributed by atoms with Gasteiger partial charge >= 0.3 is 0 Å². The molecule has 8 heteroatoms. The van der Waals surface area contributed by atoms with Gasteiger partial charge in [0.15, 0.2) is 11.6 Å². The van der Waals surface area contributed by atoms with Gasteiger partial charge in [0.05, 0.1) is 11.7 Å². The summed E-state index contributed by atoms with van der Waals surface area (Å²) in [5, 5.41) is 10.4. The van der Waals surface area contributed by atoms with Crippen molar-refractivity contribution in [1.82, 2.24) is 24.4 Å². The first-order valence-electron chi connectivity index (χ1n) is 10.8. The summed E-state index contributed by atoms with van der Waals surface area (Å²) in [5.74, 6) is 1.44. The van der Waals surface area contributed by atoms with Gasteiger partial charge in [-0.3, -0.25) is 4.79 Å². The van der Waals surface area contributed by atoms with Crippen molar-refractivity contribution in [1.29, 1.82) is 5.26 Å². The summed E-state index contributed by atoms with van der Waals surface area (Å²) in [6.07, 6.45) is 11.0. The van der Waals surface area contributed by atoms with Gasteiger partial charge in [-0.25, -0.2) is 9.97 Å². The van der Waals surface area contributed by atoms with Crippen LogP contribution in [0.1, 0.15) is 43.9 Å². The van der Waals surface area contributed by atoms with Crippen LogP contribution in [0, 0.1) is 11.3 Å². The molecule has 1 N–H and O–H groups in total. The normalized spacial score (nSPS) is 15.3. The van der Waals surface area contributed by atoms with Crippen molar-refractivity contribution in [3.05, 3.63) is 41.9 Å². The van der Waals surface area contributed by atoms with E-state index in [4.69, 9.17) is 9.40 Å². The summed E-state index contributed by atoms with van der Waals surface area (Å²) in [6, 6.07) is 7.95. The van der Waals surface area contributed by atoms with Crippen LogP contribution in [0.3, 0.4) is 0 Å². The number of amides is 1. The van der Waals surface area contributed by atoms with Gasteiger partial charge in [0.1, 0.15) is 28.6 Å². The number of pyridine rings is 1. The van der Waals surface area contributed by atoms with Gasteiger partial charge in [0.25, 0.3) is 5.91 Å². The minimum Gasteiger partial charge on any atom is -0.453 e. The minimum atomic E-state index is -0.360. The fourth-order valence-corrected chi connectivity index (χ4v) is 4.54. The van der Waals surface area contributed by atoms with E-state index in [1.165, 1.54) is 30.2 Å². The summed E-state index contributed by atoms with van der Waals surface area (Å²) in [4.78, 5) is 26.2. The standard InChI is InChI=1S/C24H24N6O2/c1-29(2)24(31)15(13-25)12-17-8-9-20(32-17)23-28-19-14-27-22-18(10-11-26-22)21(19)30(23)16-6-4-3-5-7-16/h8-12,14,16H,3-7H2,1-2H3,(H,26,27)/b15-12-. The average molecular weight is 428 g/mol. The number of H-pyrrole nitrogens is 1. The molecule has 0 bridgehead atoms. The van der Waals surface area contributed by atoms with E-state index in [0.717, 1.165) is 40.7 Å². The third-order valence-electron chi connectivity index (χ3n) is 6.06. The second-order valence-corrected chi connectivity index (χ2v) is 8.40. The highest BCUT2D eigenvalue weighted by Gasteiger charge is 2.25. The summed E-state index contributed by atoms with van der Waals surface area (Å²) < 4.78 is 8.38. The monoisotopic (exact) mass is 428 g/mol. The van der Waals surface area contributed by atoms with Gasteiger partial charge < -0.3 is 18.9 Å². The van der Waals surface area contributed by atoms with Crippen LogP contribution < -0.4 is 0 Å². The second kappa shape index (κ2) is 8.00. The van der Waals surface area contributed by atoms with E-state index in [9.17, 15) is 10.1 Å². The Morgan fingerprint density at radius 2 is 2.09 bits per heavy atom. The van der Waals surface area contributed by atoms with Crippen molar-refractivity contribution in [3.63, 3.8) is 0 Å². The van der Waals surface area contributed by atoms with Crippen LogP contribution in [-0.4, -0.2) is 44.4 Å². The number of likely N-dealkylation sites (N-methyl/N-ethyl adjacent to an activating group) is 1. The summed E-state index contributed by atoms with van der Waals surface area (Å²) in [6.45, 7) is 0. The fourth-order valence-electron chi connectivity index (χ4n) is 4.54. The maximum absolute atomic E-state index is 12.2. The van der Waals surface area contributed by atoms with Crippen molar-refractivity contribution in [2.45, 2.75) is 38.1 Å². The first-order chi connectivity index (χ1) is 15.6. The Hall–Kier alpha value is -3.86. The number of nitrogens with one attached hydrogen (secondary N) is 1. The maximum Gasteiger partial charge on any atom is 0.264 e. The van der Waals surface area contributed by atoms with Gasteiger partial charge in [0.2, 0.25) is 0 Å². The molecule has 0 aromatic carbocycles. The number of aromatic amines is 1. The molecule has 0 spiro atoms. The quantitative estimate of drug-likeness (QED) is 0.376. The van der Waals surface area contributed by atoms with Crippen LogP contribution in [0.5, 0.6) is 0 Å². The molecule has 4 aromatic heterocycles. The van der Waals surface area contributed by atoms with Gasteiger partial charge in [-0.2, -0.15) is 5.26 Å². The molecule has 0 aliphatic heterocycles. The van der Waals surface area contributed by atoms with Gasteiger partial charge in [0, 0.05) is 37.8 Å². The molecule has 1 saturated carbocycles. The highest BCUT2D eigenvalue weighted by atomic mass is 16.3. The van der Waals surface area contributed by atoms with Crippen molar-refractivity contribution >= 4 is 34.1 Å². The van der Waals surface area contributed by atoms with E-state index < -0.39 is 0 Å². The Bertz CT molecular complexity index is 1370. The fraction of sp³-hybridized carbons (Fsp3) is 0.333. The van der Waals surface area contributed by atoms with Crippen LogP contribution in [0.15, 0.2) is 40.6 Å². The Labute approximate surface area is 185 Å². The number of fused-ring (bicyclic) bond motifs is 3. The van der Waals surface area contributed by atoms with Crippen molar-refractivity contribution in [3.8, 4) is 17.7 Å². The summed E-state index contributed by atoms with van der Waals surface area (Å²) >= 11 is 0. The van der Waals surface area contributed by atoms with E-state index in [1.54, 1.807) is 26.4 Å². The Kier molecular flexibility index (Phi) is 5.02. The lowest BCUT2D eigenvalue weighted by Crippen LogP contribution is -2.22. The highest BCUT2D eigenvalue weighted by Crippen LogP contribution is 2.38. The molecule has 0 atom stereocenters. The predicted octanol–water partition coefficient (Wildman–Crippen LogP) is 4.67. The summed E-state index contributed by atoms with van der Waals surface area (Å²) in [7, 11) is 3.23. The molecule has 1 aliphatic carbocycles. The molecule has 0 unspecified atom stereocenters. The Balaban J connectivity index is 1.65. The van der Waals surface area contributed by atoms with Crippen LogP contribution in [0.4, 0.5) is 0 Å². The number of nitriles is 1. The minimum absolute atomic E-state index is 0.0231. The predicted molar refractivity (Wildman–Crippen MR) is 121 cm³/mol. The SMILES string of the molecule is CN(C)C(=O)/C(C#N)=C\c1ccc(-c2nc3cnc4[nH]ccc4c3n2C2CCCCC2)o1. The lowest BCUT2D eigenvalue weighted by molar-refractivity contribution is -0.124. The van der Waals surface area contributed by atoms with E-state index in [-0.39, 0.29) is 11.5 Å². The van der Waals surface area contributed by atoms with E-state index in [0.29, 0.717) is 17.6 Å². The number of hydrogen-bond donors (Lipinski definition) is 1. The first-order valence-corrected chi connectivity index (χ1v) is 10.8. The zero-order valence-corrected chi connectivity index (χ0v) is 18.1. The lowest BCUT2D eigenvalue weighted by atomic mass is 9.95. The Morgan fingerprint density at radius 3 is 2.84 bits per heavy atom. The van der Waals surface area contributed by atoms with Gasteiger partial charge in [-0.1, -0.05) is 19.3 Å². The number of carbonyl (C=O) groups is 1. The van der Waals surface area contributed by atoms with Crippen molar-refractivity contribution in [2.24, 2.45) is 0 Å². The molecular formula is C24H24N6O2. The van der Waals surface area contributed by atoms with Gasteiger partial charge in [-0.15, -0.1) is 0 Å². The topological polar surface area (TPSA) is 104 Å². The molecule has 0 saturated heterocycles. The molecule has 5 rings (SSSR count). The third-order valence-corrected chi connectivity index (χ3v) is 6.06. The van der Waals surface area contributed by atoms with Crippen molar-refractivity contribution < 1.29 is 9.21 Å². The number of furan rings is 1. The molecule has 4 heterocycles.